The third kappa shape index (κ3) is 7.87. The molecule has 3 aromatic rings. The van der Waals surface area contributed by atoms with Crippen LogP contribution in [-0.2, 0) is 6.54 Å². The smallest absolute Gasteiger partial charge is 0.123 e. The van der Waals surface area contributed by atoms with Gasteiger partial charge in [0.05, 0.1) is 19.6 Å². The Kier molecular flexibility index (Phi) is 11.1. The summed E-state index contributed by atoms with van der Waals surface area (Å²) in [5, 5.41) is 20.1. The predicted octanol–water partition coefficient (Wildman–Crippen LogP) is 7.65. The Morgan fingerprint density at radius 3 is 1.38 bits per heavy atom. The average molecular weight is 437 g/mol. The van der Waals surface area contributed by atoms with Crippen LogP contribution < -0.4 is 0 Å². The summed E-state index contributed by atoms with van der Waals surface area (Å²) in [6.07, 6.45) is 8.02. The van der Waals surface area contributed by atoms with E-state index in [1.807, 2.05) is 12.1 Å². The molecule has 0 heterocycles. The second-order valence-corrected chi connectivity index (χ2v) is 8.87. The minimum atomic E-state index is 0.198. The zero-order chi connectivity index (χ0) is 23.2. The van der Waals surface area contributed by atoms with Crippen molar-refractivity contribution in [2.75, 3.05) is 19.6 Å². The van der Waals surface area contributed by atoms with E-state index in [0.717, 1.165) is 0 Å². The standard InChI is InChI=1S/C19H34N.C10H8O2/c1-4-7-15-20(16-8-5-2,17-9-6-3)18-19-13-11-10-12-14-19;11-9-5-6-10(12)8-4-2-1-3-7(8)9/h10-14H,4-9,15-18H2,1-3H3;1-6,11-12H/q+1;. The van der Waals surface area contributed by atoms with Gasteiger partial charge in [0, 0.05) is 16.3 Å². The van der Waals surface area contributed by atoms with Crippen molar-refractivity contribution in [3.05, 3.63) is 72.3 Å². The number of quaternary nitrogens is 1. The first-order valence-electron chi connectivity index (χ1n) is 12.3. The fraction of sp³-hybridized carbons (Fsp3) is 0.448. The lowest BCUT2D eigenvalue weighted by molar-refractivity contribution is -0.941. The van der Waals surface area contributed by atoms with Crippen LogP contribution in [0.15, 0.2) is 66.7 Å². The molecule has 174 valence electrons. The summed E-state index contributed by atoms with van der Waals surface area (Å²) in [5.74, 6) is 0.395. The second kappa shape index (κ2) is 13.8. The van der Waals surface area contributed by atoms with Crippen LogP contribution in [0.25, 0.3) is 10.8 Å². The molecule has 3 heteroatoms. The van der Waals surface area contributed by atoms with Crippen molar-refractivity contribution >= 4 is 10.8 Å². The molecule has 0 fully saturated rings. The van der Waals surface area contributed by atoms with E-state index in [-0.39, 0.29) is 11.5 Å². The van der Waals surface area contributed by atoms with Crippen molar-refractivity contribution in [1.29, 1.82) is 0 Å². The lowest BCUT2D eigenvalue weighted by atomic mass is 10.1. The number of benzene rings is 3. The van der Waals surface area contributed by atoms with E-state index in [1.165, 1.54) is 86.9 Å². The van der Waals surface area contributed by atoms with Crippen molar-refractivity contribution in [2.24, 2.45) is 0 Å². The highest BCUT2D eigenvalue weighted by Gasteiger charge is 2.26. The number of phenolic OH excluding ortho intramolecular Hbond substituents is 2. The summed E-state index contributed by atoms with van der Waals surface area (Å²) in [6, 6.07) is 21.2. The van der Waals surface area contributed by atoms with Gasteiger partial charge in [0.15, 0.2) is 0 Å². The van der Waals surface area contributed by atoms with Gasteiger partial charge in [0.2, 0.25) is 0 Å². The van der Waals surface area contributed by atoms with E-state index in [4.69, 9.17) is 0 Å². The number of hydrogen-bond donors (Lipinski definition) is 2. The number of nitrogens with zero attached hydrogens (tertiary/aromatic N) is 1. The highest BCUT2D eigenvalue weighted by Crippen LogP contribution is 2.30. The van der Waals surface area contributed by atoms with Crippen molar-refractivity contribution in [2.45, 2.75) is 65.8 Å². The van der Waals surface area contributed by atoms with E-state index in [2.05, 4.69) is 51.1 Å². The molecule has 0 spiro atoms. The van der Waals surface area contributed by atoms with Gasteiger partial charge in [-0.05, 0) is 31.4 Å². The van der Waals surface area contributed by atoms with Gasteiger partial charge in [0.1, 0.15) is 18.0 Å². The molecule has 0 radical (unpaired) electrons. The number of rotatable bonds is 11. The van der Waals surface area contributed by atoms with Crippen LogP contribution in [0.4, 0.5) is 0 Å². The van der Waals surface area contributed by atoms with Crippen molar-refractivity contribution in [3.8, 4) is 11.5 Å². The Morgan fingerprint density at radius 1 is 0.562 bits per heavy atom. The molecule has 0 aromatic heterocycles. The summed E-state index contributed by atoms with van der Waals surface area (Å²) in [5.41, 5.74) is 1.51. The summed E-state index contributed by atoms with van der Waals surface area (Å²) >= 11 is 0. The molecule has 0 bridgehead atoms. The van der Waals surface area contributed by atoms with Gasteiger partial charge in [-0.1, -0.05) is 94.6 Å². The van der Waals surface area contributed by atoms with E-state index in [0.29, 0.717) is 10.8 Å². The first-order chi connectivity index (χ1) is 15.5. The van der Waals surface area contributed by atoms with E-state index >= 15 is 0 Å². The predicted molar refractivity (Wildman–Crippen MR) is 137 cm³/mol. The third-order valence-electron chi connectivity index (χ3n) is 6.20. The summed E-state index contributed by atoms with van der Waals surface area (Å²) < 4.78 is 1.31. The summed E-state index contributed by atoms with van der Waals surface area (Å²) in [4.78, 5) is 0. The van der Waals surface area contributed by atoms with Gasteiger partial charge >= 0.3 is 0 Å². The van der Waals surface area contributed by atoms with Crippen LogP contribution in [0.5, 0.6) is 11.5 Å². The maximum atomic E-state index is 9.38. The van der Waals surface area contributed by atoms with E-state index in [9.17, 15) is 10.2 Å². The Morgan fingerprint density at radius 2 is 0.969 bits per heavy atom. The zero-order valence-electron chi connectivity index (χ0n) is 20.3. The van der Waals surface area contributed by atoms with Crippen LogP contribution in [0.2, 0.25) is 0 Å². The quantitative estimate of drug-likeness (QED) is 0.239. The van der Waals surface area contributed by atoms with Gasteiger partial charge < -0.3 is 14.7 Å². The van der Waals surface area contributed by atoms with Gasteiger partial charge in [-0.25, -0.2) is 0 Å². The van der Waals surface area contributed by atoms with Gasteiger partial charge in [-0.2, -0.15) is 0 Å². The summed E-state index contributed by atoms with van der Waals surface area (Å²) in [6.45, 7) is 12.2. The first-order valence-corrected chi connectivity index (χ1v) is 12.3. The molecule has 2 N–H and O–H groups in total. The fourth-order valence-electron chi connectivity index (χ4n) is 4.29. The molecule has 3 rings (SSSR count). The molecule has 32 heavy (non-hydrogen) atoms. The lowest BCUT2D eigenvalue weighted by Gasteiger charge is -2.39. The van der Waals surface area contributed by atoms with E-state index in [1.54, 1.807) is 12.1 Å². The van der Waals surface area contributed by atoms with Crippen LogP contribution >= 0.6 is 0 Å². The van der Waals surface area contributed by atoms with Crippen LogP contribution in [0, 0.1) is 0 Å². The van der Waals surface area contributed by atoms with Crippen molar-refractivity contribution in [1.82, 2.24) is 0 Å². The van der Waals surface area contributed by atoms with Crippen molar-refractivity contribution < 1.29 is 14.7 Å². The van der Waals surface area contributed by atoms with Gasteiger partial charge in [0.25, 0.3) is 0 Å². The number of phenols is 2. The Hall–Kier alpha value is -2.52. The number of hydrogen-bond acceptors (Lipinski definition) is 2. The number of aromatic hydroxyl groups is 2. The van der Waals surface area contributed by atoms with E-state index < -0.39 is 0 Å². The van der Waals surface area contributed by atoms with Crippen LogP contribution in [0.1, 0.15) is 64.9 Å². The Balaban J connectivity index is 0.000000255. The second-order valence-electron chi connectivity index (χ2n) is 8.87. The highest BCUT2D eigenvalue weighted by atomic mass is 16.3. The molecular formula is C29H42NO2+. The molecule has 3 aromatic carbocycles. The van der Waals surface area contributed by atoms with Gasteiger partial charge in [-0.3, -0.25) is 0 Å². The maximum absolute atomic E-state index is 9.38. The monoisotopic (exact) mass is 436 g/mol. The van der Waals surface area contributed by atoms with Crippen LogP contribution in [0.3, 0.4) is 0 Å². The highest BCUT2D eigenvalue weighted by molar-refractivity contribution is 5.92. The molecule has 0 atom stereocenters. The lowest BCUT2D eigenvalue weighted by Crippen LogP contribution is -2.49. The number of fused-ring (bicyclic) bond motifs is 1. The summed E-state index contributed by atoms with van der Waals surface area (Å²) in [7, 11) is 0. The molecule has 0 aliphatic heterocycles. The topological polar surface area (TPSA) is 40.5 Å². The first kappa shape index (κ1) is 25.7. The normalized spacial score (nSPS) is 11.2. The molecule has 0 aliphatic rings. The SMILES string of the molecule is CCCC[N+](CCCC)(CCCC)Cc1ccccc1.Oc1ccc(O)c2ccccc12. The third-order valence-corrected chi connectivity index (χ3v) is 6.20. The van der Waals surface area contributed by atoms with Crippen LogP contribution in [-0.4, -0.2) is 34.3 Å². The Bertz CT molecular complexity index is 845. The molecule has 3 nitrogen and oxygen atoms in total. The average Bonchev–Trinajstić information content (AvgIpc) is 2.83. The molecular weight excluding hydrogens is 394 g/mol. The largest absolute Gasteiger partial charge is 0.507 e. The minimum Gasteiger partial charge on any atom is -0.507 e. The molecule has 0 amide bonds. The molecule has 0 saturated carbocycles. The molecule has 0 unspecified atom stereocenters. The maximum Gasteiger partial charge on any atom is 0.123 e. The van der Waals surface area contributed by atoms with Crippen molar-refractivity contribution in [3.63, 3.8) is 0 Å². The minimum absolute atomic E-state index is 0.198. The van der Waals surface area contributed by atoms with Gasteiger partial charge in [-0.15, -0.1) is 0 Å². The number of unbranched alkanes of at least 4 members (excludes halogenated alkanes) is 3. The Labute approximate surface area is 194 Å². The molecule has 0 saturated heterocycles. The zero-order valence-corrected chi connectivity index (χ0v) is 20.3. The fourth-order valence-corrected chi connectivity index (χ4v) is 4.29. The molecule has 0 aliphatic carbocycles.